The van der Waals surface area contributed by atoms with Gasteiger partial charge in [-0.2, -0.15) is 0 Å². The SMILES string of the molecule is C[C@@H](c1ccccc1)N(CC(=O)N1CCCN(c2ccc(-c3ccccc3)nn2)CC1)C(=O)c1ccccc1F. The van der Waals surface area contributed by atoms with E-state index in [0.717, 1.165) is 35.6 Å². The third-order valence-electron chi connectivity index (χ3n) is 7.31. The number of halogens is 1. The molecule has 204 valence electrons. The lowest BCUT2D eigenvalue weighted by Gasteiger charge is -2.32. The summed E-state index contributed by atoms with van der Waals surface area (Å²) in [5, 5.41) is 8.85. The zero-order chi connectivity index (χ0) is 27.9. The van der Waals surface area contributed by atoms with Crippen LogP contribution in [0.15, 0.2) is 97.1 Å². The molecule has 1 aliphatic rings. The van der Waals surface area contributed by atoms with Crippen molar-refractivity contribution < 1.29 is 14.0 Å². The van der Waals surface area contributed by atoms with Gasteiger partial charge in [0.05, 0.1) is 17.3 Å². The van der Waals surface area contributed by atoms with Gasteiger partial charge in [0.25, 0.3) is 5.91 Å². The van der Waals surface area contributed by atoms with Gasteiger partial charge in [-0.3, -0.25) is 9.59 Å². The second kappa shape index (κ2) is 12.5. The molecule has 1 saturated heterocycles. The molecule has 0 N–H and O–H groups in total. The van der Waals surface area contributed by atoms with E-state index in [1.165, 1.54) is 17.0 Å². The van der Waals surface area contributed by atoms with E-state index in [1.807, 2.05) is 79.7 Å². The van der Waals surface area contributed by atoms with Crippen LogP contribution in [-0.2, 0) is 4.79 Å². The molecule has 1 atom stereocenters. The first-order valence-electron chi connectivity index (χ1n) is 13.5. The third kappa shape index (κ3) is 6.17. The number of benzene rings is 3. The average molecular weight is 538 g/mol. The van der Waals surface area contributed by atoms with Gasteiger partial charge in [0.15, 0.2) is 5.82 Å². The number of amides is 2. The van der Waals surface area contributed by atoms with Gasteiger partial charge in [-0.25, -0.2) is 4.39 Å². The molecule has 0 bridgehead atoms. The highest BCUT2D eigenvalue weighted by molar-refractivity contribution is 5.97. The highest BCUT2D eigenvalue weighted by Crippen LogP contribution is 2.24. The second-order valence-electron chi connectivity index (χ2n) is 9.86. The maximum absolute atomic E-state index is 14.6. The van der Waals surface area contributed by atoms with Crippen LogP contribution in [0.3, 0.4) is 0 Å². The van der Waals surface area contributed by atoms with Crippen molar-refractivity contribution in [2.75, 3.05) is 37.6 Å². The van der Waals surface area contributed by atoms with Gasteiger partial charge in [-0.1, -0.05) is 72.8 Å². The number of hydrogen-bond acceptors (Lipinski definition) is 5. The number of hydrogen-bond donors (Lipinski definition) is 0. The van der Waals surface area contributed by atoms with Crippen molar-refractivity contribution in [3.63, 3.8) is 0 Å². The second-order valence-corrected chi connectivity index (χ2v) is 9.86. The van der Waals surface area contributed by atoms with Gasteiger partial charge in [0.2, 0.25) is 5.91 Å². The van der Waals surface area contributed by atoms with E-state index in [-0.39, 0.29) is 18.0 Å². The topological polar surface area (TPSA) is 69.6 Å². The smallest absolute Gasteiger partial charge is 0.257 e. The lowest BCUT2D eigenvalue weighted by molar-refractivity contribution is -0.132. The summed E-state index contributed by atoms with van der Waals surface area (Å²) >= 11 is 0. The molecule has 5 rings (SSSR count). The molecule has 2 heterocycles. The lowest BCUT2D eigenvalue weighted by atomic mass is 10.0. The largest absolute Gasteiger partial charge is 0.353 e. The first-order chi connectivity index (χ1) is 19.5. The highest BCUT2D eigenvalue weighted by Gasteiger charge is 2.29. The van der Waals surface area contributed by atoms with Crippen molar-refractivity contribution in [1.82, 2.24) is 20.0 Å². The van der Waals surface area contributed by atoms with Crippen LogP contribution in [-0.4, -0.2) is 64.5 Å². The molecule has 2 amide bonds. The van der Waals surface area contributed by atoms with Crippen molar-refractivity contribution in [1.29, 1.82) is 0 Å². The number of nitrogens with zero attached hydrogens (tertiary/aromatic N) is 5. The van der Waals surface area contributed by atoms with Gasteiger partial charge >= 0.3 is 0 Å². The fraction of sp³-hybridized carbons (Fsp3) is 0.250. The lowest BCUT2D eigenvalue weighted by Crippen LogP contribution is -2.45. The molecular weight excluding hydrogens is 505 g/mol. The zero-order valence-electron chi connectivity index (χ0n) is 22.5. The molecule has 0 saturated carbocycles. The monoisotopic (exact) mass is 537 g/mol. The molecule has 7 nitrogen and oxygen atoms in total. The van der Waals surface area contributed by atoms with Gasteiger partial charge < -0.3 is 14.7 Å². The van der Waals surface area contributed by atoms with Crippen LogP contribution in [0.4, 0.5) is 10.2 Å². The van der Waals surface area contributed by atoms with Crippen LogP contribution in [0.2, 0.25) is 0 Å². The Balaban J connectivity index is 1.28. The molecule has 0 spiro atoms. The molecule has 4 aromatic rings. The highest BCUT2D eigenvalue weighted by atomic mass is 19.1. The van der Waals surface area contributed by atoms with Gasteiger partial charge in [0, 0.05) is 31.7 Å². The van der Waals surface area contributed by atoms with Crippen LogP contribution in [0.25, 0.3) is 11.3 Å². The number of carbonyl (C=O) groups excluding carboxylic acids is 2. The predicted octanol–water partition coefficient (Wildman–Crippen LogP) is 5.23. The van der Waals surface area contributed by atoms with Gasteiger partial charge in [-0.15, -0.1) is 10.2 Å². The van der Waals surface area contributed by atoms with E-state index in [4.69, 9.17) is 0 Å². The van der Waals surface area contributed by atoms with Crippen LogP contribution in [0.5, 0.6) is 0 Å². The van der Waals surface area contributed by atoms with E-state index in [9.17, 15) is 14.0 Å². The molecule has 1 aromatic heterocycles. The van der Waals surface area contributed by atoms with E-state index in [0.29, 0.717) is 19.6 Å². The fourth-order valence-electron chi connectivity index (χ4n) is 4.98. The third-order valence-corrected chi connectivity index (χ3v) is 7.31. The number of carbonyl (C=O) groups is 2. The summed E-state index contributed by atoms with van der Waals surface area (Å²) in [5.74, 6) is -0.508. The van der Waals surface area contributed by atoms with E-state index in [1.54, 1.807) is 17.0 Å². The quantitative estimate of drug-likeness (QED) is 0.323. The summed E-state index contributed by atoms with van der Waals surface area (Å²) in [6, 6.07) is 28.8. The van der Waals surface area contributed by atoms with E-state index >= 15 is 0 Å². The Bertz CT molecular complexity index is 1430. The van der Waals surface area contributed by atoms with Crippen molar-refractivity contribution in [3.05, 3.63) is 114 Å². The molecule has 3 aromatic carbocycles. The molecular formula is C32H32FN5O2. The van der Waals surface area contributed by atoms with E-state index < -0.39 is 17.8 Å². The molecule has 1 aliphatic heterocycles. The van der Waals surface area contributed by atoms with Crippen molar-refractivity contribution in [3.8, 4) is 11.3 Å². The molecule has 8 heteroatoms. The summed E-state index contributed by atoms with van der Waals surface area (Å²) in [6.45, 7) is 4.11. The van der Waals surface area contributed by atoms with Crippen LogP contribution < -0.4 is 4.90 Å². The summed E-state index contributed by atoms with van der Waals surface area (Å²) in [6.07, 6.45) is 0.753. The summed E-state index contributed by atoms with van der Waals surface area (Å²) in [4.78, 5) is 32.5. The van der Waals surface area contributed by atoms with Gasteiger partial charge in [-0.05, 0) is 43.2 Å². The normalized spacial score (nSPS) is 14.3. The molecule has 0 unspecified atom stereocenters. The Morgan fingerprint density at radius 1 is 0.825 bits per heavy atom. The number of rotatable bonds is 7. The maximum Gasteiger partial charge on any atom is 0.257 e. The van der Waals surface area contributed by atoms with Crippen LogP contribution in [0.1, 0.15) is 35.3 Å². The summed E-state index contributed by atoms with van der Waals surface area (Å²) in [7, 11) is 0. The zero-order valence-corrected chi connectivity index (χ0v) is 22.5. The Hall–Kier alpha value is -4.59. The van der Waals surface area contributed by atoms with Crippen molar-refractivity contribution in [2.24, 2.45) is 0 Å². The van der Waals surface area contributed by atoms with Crippen molar-refractivity contribution >= 4 is 17.6 Å². The fourth-order valence-corrected chi connectivity index (χ4v) is 4.98. The first-order valence-corrected chi connectivity index (χ1v) is 13.5. The van der Waals surface area contributed by atoms with E-state index in [2.05, 4.69) is 15.1 Å². The Kier molecular flexibility index (Phi) is 8.44. The Labute approximate surface area is 233 Å². The first kappa shape index (κ1) is 27.0. The van der Waals surface area contributed by atoms with Crippen LogP contribution >= 0.6 is 0 Å². The minimum atomic E-state index is -0.602. The predicted molar refractivity (Wildman–Crippen MR) is 153 cm³/mol. The van der Waals surface area contributed by atoms with Crippen molar-refractivity contribution in [2.45, 2.75) is 19.4 Å². The molecule has 0 aliphatic carbocycles. The standard InChI is InChI=1S/C32H32FN5O2/c1-24(25-11-4-2-5-12-25)38(32(40)27-15-8-9-16-28(27)33)23-31(39)37-20-10-19-36(21-22-37)30-18-17-29(34-35-30)26-13-6-3-7-14-26/h2-9,11-18,24H,10,19-23H2,1H3/t24-/m0/s1. The number of aromatic nitrogens is 2. The molecule has 0 radical (unpaired) electrons. The Morgan fingerprint density at radius 2 is 1.52 bits per heavy atom. The average Bonchev–Trinajstić information content (AvgIpc) is 3.27. The maximum atomic E-state index is 14.6. The number of anilines is 1. The van der Waals surface area contributed by atoms with Crippen LogP contribution in [0, 0.1) is 5.82 Å². The minimum Gasteiger partial charge on any atom is -0.353 e. The Morgan fingerprint density at radius 3 is 2.23 bits per heavy atom. The van der Waals surface area contributed by atoms with Gasteiger partial charge in [0.1, 0.15) is 12.4 Å². The molecule has 1 fully saturated rings. The summed E-state index contributed by atoms with van der Waals surface area (Å²) < 4.78 is 14.6. The summed E-state index contributed by atoms with van der Waals surface area (Å²) in [5.41, 5.74) is 2.65. The minimum absolute atomic E-state index is 0.0438. The molecule has 40 heavy (non-hydrogen) atoms.